The number of furan rings is 1. The molecule has 9 nitrogen and oxygen atoms in total. The Morgan fingerprint density at radius 3 is 2.60 bits per heavy atom. The van der Waals surface area contributed by atoms with Gasteiger partial charge in [-0.05, 0) is 64.8 Å². The Balaban J connectivity index is 1.36. The van der Waals surface area contributed by atoms with Crippen LogP contribution in [-0.4, -0.2) is 47.5 Å². The second kappa shape index (κ2) is 11.8. The topological polar surface area (TPSA) is 101 Å². The van der Waals surface area contributed by atoms with E-state index in [1.54, 1.807) is 24.3 Å². The minimum absolute atomic E-state index is 0.161. The van der Waals surface area contributed by atoms with E-state index >= 15 is 0 Å². The maximum Gasteiger partial charge on any atom is 0.416 e. The number of hydrogen-bond acceptors (Lipinski definition) is 9. The number of alkyl halides is 3. The Kier molecular flexibility index (Phi) is 8.24. The summed E-state index contributed by atoms with van der Waals surface area (Å²) in [5.74, 6) is 1.45. The number of benzene rings is 2. The molecule has 0 radical (unpaired) electrons. The summed E-state index contributed by atoms with van der Waals surface area (Å²) in [6, 6.07) is 11.7. The monoisotopic (exact) mass is 635 g/mol. The van der Waals surface area contributed by atoms with Crippen molar-refractivity contribution in [2.45, 2.75) is 13.1 Å². The van der Waals surface area contributed by atoms with E-state index in [9.17, 15) is 13.2 Å². The van der Waals surface area contributed by atoms with Crippen molar-refractivity contribution in [2.75, 3.05) is 41.9 Å². The molecule has 1 saturated heterocycles. The third-order valence-corrected chi connectivity index (χ3v) is 6.93. The fourth-order valence-corrected chi connectivity index (χ4v) is 4.54. The van der Waals surface area contributed by atoms with Crippen molar-refractivity contribution in [3.8, 4) is 11.3 Å². The summed E-state index contributed by atoms with van der Waals surface area (Å²) in [7, 11) is 0. The number of nitrogens with one attached hydrogen (secondary N) is 2. The Hall–Kier alpha value is -3.68. The summed E-state index contributed by atoms with van der Waals surface area (Å²) in [6.07, 6.45) is -3.07. The average Bonchev–Trinajstić information content (AvgIpc) is 3.41. The number of aromatic nitrogens is 3. The lowest BCUT2D eigenvalue weighted by Crippen LogP contribution is -2.37. The number of hydrogen-bond donors (Lipinski definition) is 2. The normalized spacial score (nSPS) is 14.1. The molecule has 3 heterocycles. The molecule has 0 amide bonds. The summed E-state index contributed by atoms with van der Waals surface area (Å²) < 4.78 is 51.1. The third kappa shape index (κ3) is 6.72. The zero-order chi connectivity index (χ0) is 28.3. The Morgan fingerprint density at radius 2 is 1.82 bits per heavy atom. The second-order valence-electron chi connectivity index (χ2n) is 8.74. The highest BCUT2D eigenvalue weighted by Gasteiger charge is 2.30. The van der Waals surface area contributed by atoms with Gasteiger partial charge >= 0.3 is 6.18 Å². The van der Waals surface area contributed by atoms with Crippen LogP contribution >= 0.6 is 27.5 Å². The van der Waals surface area contributed by atoms with Gasteiger partial charge < -0.3 is 19.4 Å². The van der Waals surface area contributed by atoms with Gasteiger partial charge in [-0.25, -0.2) is 5.43 Å². The first-order valence-electron chi connectivity index (χ1n) is 12.0. The molecular formula is C26H22BrClF3N7O2. The number of hydrazone groups is 1. The summed E-state index contributed by atoms with van der Waals surface area (Å²) in [4.78, 5) is 15.4. The predicted octanol–water partition coefficient (Wildman–Crippen LogP) is 6.90. The number of rotatable bonds is 7. The predicted molar refractivity (Wildman–Crippen MR) is 150 cm³/mol. The van der Waals surface area contributed by atoms with Crippen LogP contribution in [0.3, 0.4) is 0 Å². The number of morpholine rings is 1. The fraction of sp³-hybridized carbons (Fsp3) is 0.231. The number of anilines is 4. The lowest BCUT2D eigenvalue weighted by molar-refractivity contribution is -0.137. The van der Waals surface area contributed by atoms with Crippen LogP contribution in [0.1, 0.15) is 16.9 Å². The SMILES string of the molecule is Cc1cc(Br)c(Nc2nc(NN=Cc3ccc(-c4cccc(C(F)(F)F)c4)o3)nc(N3CCOCC3)n2)cc1Cl. The van der Waals surface area contributed by atoms with E-state index in [-0.39, 0.29) is 17.7 Å². The number of nitrogens with zero attached hydrogens (tertiary/aromatic N) is 5. The standard InChI is InChI=1S/C26H22BrClF3N7O2/c1-15-11-19(27)21(13-20(15)28)33-23-34-24(36-25(35-23)38-7-9-39-10-8-38)37-32-14-18-5-6-22(40-18)16-3-2-4-17(12-16)26(29,30)31/h2-6,11-14H,7-10H2,1H3,(H2,33,34,35,36,37). The smallest absolute Gasteiger partial charge is 0.416 e. The van der Waals surface area contributed by atoms with Crippen molar-refractivity contribution in [1.82, 2.24) is 15.0 Å². The molecule has 1 aliphatic rings. The Labute approximate surface area is 240 Å². The zero-order valence-electron chi connectivity index (χ0n) is 21.0. The quantitative estimate of drug-likeness (QED) is 0.167. The molecule has 2 aromatic heterocycles. The van der Waals surface area contributed by atoms with Crippen molar-refractivity contribution in [3.63, 3.8) is 0 Å². The molecule has 0 spiro atoms. The van der Waals surface area contributed by atoms with Gasteiger partial charge in [0, 0.05) is 28.1 Å². The van der Waals surface area contributed by atoms with Crippen molar-refractivity contribution in [2.24, 2.45) is 5.10 Å². The first-order chi connectivity index (χ1) is 19.2. The van der Waals surface area contributed by atoms with Gasteiger partial charge in [-0.1, -0.05) is 23.7 Å². The lowest BCUT2D eigenvalue weighted by Gasteiger charge is -2.27. The van der Waals surface area contributed by atoms with Crippen LogP contribution in [0.2, 0.25) is 5.02 Å². The molecular weight excluding hydrogens is 615 g/mol. The van der Waals surface area contributed by atoms with Crippen LogP contribution in [0.4, 0.5) is 36.7 Å². The average molecular weight is 637 g/mol. The second-order valence-corrected chi connectivity index (χ2v) is 10.0. The van der Waals surface area contributed by atoms with E-state index < -0.39 is 11.7 Å². The lowest BCUT2D eigenvalue weighted by atomic mass is 10.1. The van der Waals surface area contributed by atoms with E-state index in [1.807, 2.05) is 17.9 Å². The van der Waals surface area contributed by atoms with Gasteiger partial charge in [0.05, 0.1) is 30.7 Å². The molecule has 0 unspecified atom stereocenters. The maximum absolute atomic E-state index is 13.1. The highest BCUT2D eigenvalue weighted by molar-refractivity contribution is 9.10. The first-order valence-corrected chi connectivity index (χ1v) is 13.2. The van der Waals surface area contributed by atoms with Crippen LogP contribution in [0.25, 0.3) is 11.3 Å². The van der Waals surface area contributed by atoms with Crippen LogP contribution in [0.5, 0.6) is 0 Å². The van der Waals surface area contributed by atoms with Crippen molar-refractivity contribution in [3.05, 3.63) is 74.9 Å². The van der Waals surface area contributed by atoms with E-state index in [0.717, 1.165) is 22.2 Å². The van der Waals surface area contributed by atoms with Gasteiger partial charge in [0.1, 0.15) is 11.5 Å². The molecule has 1 aliphatic heterocycles. The maximum atomic E-state index is 13.1. The molecule has 0 aliphatic carbocycles. The molecule has 208 valence electrons. The van der Waals surface area contributed by atoms with Crippen LogP contribution in [0, 0.1) is 6.92 Å². The molecule has 1 fully saturated rings. The largest absolute Gasteiger partial charge is 0.455 e. The van der Waals surface area contributed by atoms with E-state index in [1.165, 1.54) is 12.3 Å². The number of aryl methyl sites for hydroxylation is 1. The van der Waals surface area contributed by atoms with Crippen LogP contribution in [-0.2, 0) is 10.9 Å². The third-order valence-electron chi connectivity index (χ3n) is 5.87. The number of ether oxygens (including phenoxy) is 1. The van der Waals surface area contributed by atoms with Gasteiger partial charge in [0.25, 0.3) is 0 Å². The fourth-order valence-electron chi connectivity index (χ4n) is 3.82. The molecule has 5 rings (SSSR count). The van der Waals surface area contributed by atoms with Crippen LogP contribution in [0.15, 0.2) is 62.5 Å². The van der Waals surface area contributed by atoms with Gasteiger partial charge in [0.15, 0.2) is 0 Å². The molecule has 14 heteroatoms. The van der Waals surface area contributed by atoms with Crippen molar-refractivity contribution >= 4 is 57.3 Å². The zero-order valence-corrected chi connectivity index (χ0v) is 23.3. The Bertz CT molecular complexity index is 1540. The van der Waals surface area contributed by atoms with Crippen LogP contribution < -0.4 is 15.6 Å². The van der Waals surface area contributed by atoms with Gasteiger partial charge in [-0.3, -0.25) is 0 Å². The minimum Gasteiger partial charge on any atom is -0.455 e. The molecule has 0 bridgehead atoms. The van der Waals surface area contributed by atoms with E-state index in [4.69, 9.17) is 20.8 Å². The molecule has 2 N–H and O–H groups in total. The summed E-state index contributed by atoms with van der Waals surface area (Å²) in [6.45, 7) is 4.20. The van der Waals surface area contributed by atoms with Gasteiger partial charge in [-0.2, -0.15) is 33.2 Å². The summed E-state index contributed by atoms with van der Waals surface area (Å²) in [5.41, 5.74) is 3.90. The van der Waals surface area contributed by atoms with E-state index in [0.29, 0.717) is 54.3 Å². The minimum atomic E-state index is -4.45. The molecule has 4 aromatic rings. The van der Waals surface area contributed by atoms with Crippen molar-refractivity contribution < 1.29 is 22.3 Å². The van der Waals surface area contributed by atoms with Gasteiger partial charge in [0.2, 0.25) is 17.8 Å². The number of halogens is 5. The Morgan fingerprint density at radius 1 is 1.05 bits per heavy atom. The molecule has 0 atom stereocenters. The molecule has 40 heavy (non-hydrogen) atoms. The van der Waals surface area contributed by atoms with Gasteiger partial charge in [-0.15, -0.1) is 0 Å². The molecule has 2 aromatic carbocycles. The summed E-state index contributed by atoms with van der Waals surface area (Å²) >= 11 is 9.83. The first kappa shape index (κ1) is 27.9. The van der Waals surface area contributed by atoms with Crippen molar-refractivity contribution in [1.29, 1.82) is 0 Å². The molecule has 0 saturated carbocycles. The highest BCUT2D eigenvalue weighted by Crippen LogP contribution is 2.33. The highest BCUT2D eigenvalue weighted by atomic mass is 79.9. The van der Waals surface area contributed by atoms with E-state index in [2.05, 4.69) is 46.7 Å². The summed E-state index contributed by atoms with van der Waals surface area (Å²) in [5, 5.41) is 7.90.